The van der Waals surface area contributed by atoms with Crippen LogP contribution >= 0.6 is 0 Å². The Bertz CT molecular complexity index is 637. The van der Waals surface area contributed by atoms with E-state index in [0.717, 1.165) is 16.3 Å². The van der Waals surface area contributed by atoms with Crippen molar-refractivity contribution in [1.82, 2.24) is 15.2 Å². The topological polar surface area (TPSA) is 88.3 Å². The van der Waals surface area contributed by atoms with Gasteiger partial charge in [-0.05, 0) is 17.0 Å². The minimum absolute atomic E-state index is 0.0991. The number of carbonyl (C=O) groups excluding carboxylic acids is 2. The predicted molar refractivity (Wildman–Crippen MR) is 75.8 cm³/mol. The monoisotopic (exact) mass is 272 g/mol. The van der Waals surface area contributed by atoms with Crippen LogP contribution in [-0.2, 0) is 11.3 Å². The van der Waals surface area contributed by atoms with Gasteiger partial charge in [-0.1, -0.05) is 18.2 Å². The van der Waals surface area contributed by atoms with Gasteiger partial charge in [-0.3, -0.25) is 9.78 Å². The summed E-state index contributed by atoms with van der Waals surface area (Å²) in [6, 6.07) is 7.09. The Hall–Kier alpha value is -2.63. The molecule has 0 aliphatic heterocycles. The molecule has 6 heteroatoms. The summed E-state index contributed by atoms with van der Waals surface area (Å²) < 4.78 is 0. The normalized spacial score (nSPS) is 10.2. The molecule has 0 atom stereocenters. The number of nitrogens with one attached hydrogen (secondary N) is 1. The summed E-state index contributed by atoms with van der Waals surface area (Å²) in [5.41, 5.74) is 5.97. The number of nitrogens with two attached hydrogens (primary N) is 1. The highest BCUT2D eigenvalue weighted by molar-refractivity contribution is 5.86. The number of primary amides is 1. The molecular weight excluding hydrogens is 256 g/mol. The van der Waals surface area contributed by atoms with Crippen molar-refractivity contribution in [3.05, 3.63) is 42.2 Å². The molecule has 1 aromatic heterocycles. The molecule has 3 N–H and O–H groups in total. The van der Waals surface area contributed by atoms with E-state index in [4.69, 9.17) is 5.73 Å². The third-order valence-corrected chi connectivity index (χ3v) is 3.02. The molecule has 2 aromatic rings. The summed E-state index contributed by atoms with van der Waals surface area (Å²) in [5.74, 6) is -0.199. The summed E-state index contributed by atoms with van der Waals surface area (Å²) in [6.07, 6.45) is 3.51. The van der Waals surface area contributed by atoms with Crippen molar-refractivity contribution >= 4 is 22.7 Å². The van der Waals surface area contributed by atoms with Crippen LogP contribution in [0.1, 0.15) is 5.56 Å². The van der Waals surface area contributed by atoms with E-state index < -0.39 is 6.03 Å². The zero-order chi connectivity index (χ0) is 14.5. The number of rotatable bonds is 4. The van der Waals surface area contributed by atoms with Crippen LogP contribution in [0.4, 0.5) is 4.79 Å². The van der Waals surface area contributed by atoms with E-state index in [2.05, 4.69) is 10.3 Å². The summed E-state index contributed by atoms with van der Waals surface area (Å²) in [6.45, 7) is 0.360. The second kappa shape index (κ2) is 6.01. The molecule has 0 bridgehead atoms. The van der Waals surface area contributed by atoms with Gasteiger partial charge in [0, 0.05) is 31.4 Å². The van der Waals surface area contributed by atoms with Crippen molar-refractivity contribution in [2.24, 2.45) is 5.73 Å². The van der Waals surface area contributed by atoms with Crippen molar-refractivity contribution in [3.63, 3.8) is 0 Å². The number of fused-ring (bicyclic) bond motifs is 1. The first-order valence-electron chi connectivity index (χ1n) is 6.17. The molecule has 0 unspecified atom stereocenters. The fourth-order valence-corrected chi connectivity index (χ4v) is 1.97. The van der Waals surface area contributed by atoms with E-state index in [9.17, 15) is 9.59 Å². The highest BCUT2D eigenvalue weighted by Crippen LogP contribution is 2.18. The average Bonchev–Trinajstić information content (AvgIpc) is 2.45. The smallest absolute Gasteiger partial charge is 0.312 e. The first-order chi connectivity index (χ1) is 9.58. The lowest BCUT2D eigenvalue weighted by Gasteiger charge is -2.18. The van der Waals surface area contributed by atoms with Crippen LogP contribution in [0.2, 0.25) is 0 Å². The fraction of sp³-hybridized carbons (Fsp3) is 0.214. The van der Waals surface area contributed by atoms with E-state index >= 15 is 0 Å². The number of hydrogen-bond acceptors (Lipinski definition) is 3. The van der Waals surface area contributed by atoms with E-state index in [1.807, 2.05) is 24.3 Å². The molecule has 0 saturated carbocycles. The van der Waals surface area contributed by atoms with Crippen molar-refractivity contribution in [2.45, 2.75) is 6.54 Å². The van der Waals surface area contributed by atoms with Gasteiger partial charge in [0.2, 0.25) is 5.91 Å². The third-order valence-electron chi connectivity index (χ3n) is 3.02. The van der Waals surface area contributed by atoms with Crippen LogP contribution in [0.5, 0.6) is 0 Å². The third kappa shape index (κ3) is 3.23. The van der Waals surface area contributed by atoms with E-state index in [1.165, 1.54) is 0 Å². The number of likely N-dealkylation sites (N-methyl/N-ethyl adjacent to an activating group) is 1. The molecule has 0 radical (unpaired) electrons. The molecule has 0 fully saturated rings. The molecule has 0 spiro atoms. The first kappa shape index (κ1) is 13.8. The van der Waals surface area contributed by atoms with E-state index in [0.29, 0.717) is 6.54 Å². The van der Waals surface area contributed by atoms with E-state index in [-0.39, 0.29) is 12.5 Å². The minimum atomic E-state index is -0.706. The van der Waals surface area contributed by atoms with Crippen LogP contribution in [0, 0.1) is 0 Å². The van der Waals surface area contributed by atoms with Gasteiger partial charge >= 0.3 is 6.03 Å². The highest BCUT2D eigenvalue weighted by atomic mass is 16.2. The van der Waals surface area contributed by atoms with Crippen LogP contribution in [-0.4, -0.2) is 35.4 Å². The van der Waals surface area contributed by atoms with Crippen LogP contribution in [0.3, 0.4) is 0 Å². The molecule has 1 heterocycles. The molecule has 2 rings (SSSR count). The number of benzene rings is 1. The fourth-order valence-electron chi connectivity index (χ4n) is 1.97. The zero-order valence-corrected chi connectivity index (χ0v) is 11.2. The summed E-state index contributed by atoms with van der Waals surface area (Å²) in [4.78, 5) is 28.0. The number of amides is 3. The number of aromatic nitrogens is 1. The minimum Gasteiger partial charge on any atom is -0.352 e. The van der Waals surface area contributed by atoms with Crippen molar-refractivity contribution in [2.75, 3.05) is 13.6 Å². The van der Waals surface area contributed by atoms with Gasteiger partial charge in [-0.15, -0.1) is 0 Å². The standard InChI is InChI=1S/C14H16N4O2/c1-18(13(19)8-17-14(15)20)9-11-4-2-3-10-7-16-6-5-12(10)11/h2-7H,8-9H2,1H3,(H3,15,17,20). The van der Waals surface area contributed by atoms with Crippen molar-refractivity contribution < 1.29 is 9.59 Å². The van der Waals surface area contributed by atoms with Crippen LogP contribution < -0.4 is 11.1 Å². The lowest BCUT2D eigenvalue weighted by atomic mass is 10.1. The number of nitrogens with zero attached hydrogens (tertiary/aromatic N) is 2. The number of pyridine rings is 1. The largest absolute Gasteiger partial charge is 0.352 e. The van der Waals surface area contributed by atoms with Gasteiger partial charge in [0.25, 0.3) is 0 Å². The highest BCUT2D eigenvalue weighted by Gasteiger charge is 2.11. The maximum absolute atomic E-state index is 11.8. The molecule has 0 aliphatic carbocycles. The Morgan fingerprint density at radius 2 is 2.15 bits per heavy atom. The molecule has 0 aliphatic rings. The molecule has 1 aromatic carbocycles. The van der Waals surface area contributed by atoms with Gasteiger partial charge in [0.05, 0.1) is 6.54 Å². The van der Waals surface area contributed by atoms with Crippen LogP contribution in [0.25, 0.3) is 10.8 Å². The summed E-state index contributed by atoms with van der Waals surface area (Å²) >= 11 is 0. The Balaban J connectivity index is 2.11. The summed E-state index contributed by atoms with van der Waals surface area (Å²) in [7, 11) is 1.69. The average molecular weight is 272 g/mol. The zero-order valence-electron chi connectivity index (χ0n) is 11.2. The SMILES string of the molecule is CN(Cc1cccc2cnccc12)C(=O)CNC(N)=O. The second-order valence-corrected chi connectivity index (χ2v) is 4.48. The maximum atomic E-state index is 11.8. The quantitative estimate of drug-likeness (QED) is 0.865. The Morgan fingerprint density at radius 1 is 1.35 bits per heavy atom. The lowest BCUT2D eigenvalue weighted by molar-refractivity contribution is -0.129. The maximum Gasteiger partial charge on any atom is 0.312 e. The lowest BCUT2D eigenvalue weighted by Crippen LogP contribution is -2.40. The molecular formula is C14H16N4O2. The Morgan fingerprint density at radius 3 is 2.90 bits per heavy atom. The number of hydrogen-bond donors (Lipinski definition) is 2. The van der Waals surface area contributed by atoms with E-state index in [1.54, 1.807) is 24.3 Å². The summed E-state index contributed by atoms with van der Waals surface area (Å²) in [5, 5.41) is 4.38. The van der Waals surface area contributed by atoms with Crippen molar-refractivity contribution in [1.29, 1.82) is 0 Å². The Labute approximate surface area is 116 Å². The predicted octanol–water partition coefficient (Wildman–Crippen LogP) is 0.862. The Kier molecular flexibility index (Phi) is 4.14. The van der Waals surface area contributed by atoms with Gasteiger partial charge in [-0.2, -0.15) is 0 Å². The van der Waals surface area contributed by atoms with Crippen LogP contribution in [0.15, 0.2) is 36.7 Å². The second-order valence-electron chi connectivity index (χ2n) is 4.48. The van der Waals surface area contributed by atoms with Gasteiger partial charge < -0.3 is 16.0 Å². The van der Waals surface area contributed by atoms with Gasteiger partial charge in [-0.25, -0.2) is 4.79 Å². The van der Waals surface area contributed by atoms with Gasteiger partial charge in [0.1, 0.15) is 0 Å². The number of carbonyl (C=O) groups is 2. The first-order valence-corrected chi connectivity index (χ1v) is 6.17. The molecule has 0 saturated heterocycles. The molecule has 6 nitrogen and oxygen atoms in total. The van der Waals surface area contributed by atoms with Crippen molar-refractivity contribution in [3.8, 4) is 0 Å². The molecule has 3 amide bonds. The number of urea groups is 1. The molecule has 20 heavy (non-hydrogen) atoms. The molecule has 104 valence electrons. The van der Waals surface area contributed by atoms with Gasteiger partial charge in [0.15, 0.2) is 0 Å².